The largest absolute Gasteiger partial charge is 0.368 e. The van der Waals surface area contributed by atoms with Crippen LogP contribution in [0.15, 0.2) is 22.7 Å². The Hall–Kier alpha value is -0.540. The van der Waals surface area contributed by atoms with Gasteiger partial charge in [0.05, 0.1) is 0 Å². The van der Waals surface area contributed by atoms with Gasteiger partial charge in [0.25, 0.3) is 0 Å². The average molecular weight is 309 g/mol. The molecule has 1 aliphatic carbocycles. The molecule has 2 nitrogen and oxygen atoms in total. The lowest BCUT2D eigenvalue weighted by atomic mass is 9.91. The van der Waals surface area contributed by atoms with Crippen LogP contribution in [0, 0.1) is 5.92 Å². The number of fused-ring (bicyclic) bond motifs is 1. The molecule has 1 saturated heterocycles. The first kappa shape index (κ1) is 12.5. The summed E-state index contributed by atoms with van der Waals surface area (Å²) in [7, 11) is 0. The lowest BCUT2D eigenvalue weighted by Crippen LogP contribution is -2.43. The second kappa shape index (κ2) is 5.22. The fourth-order valence-corrected chi connectivity index (χ4v) is 4.16. The summed E-state index contributed by atoms with van der Waals surface area (Å²) < 4.78 is 1.13. The van der Waals surface area contributed by atoms with Crippen molar-refractivity contribution in [3.8, 4) is 0 Å². The lowest BCUT2D eigenvalue weighted by Gasteiger charge is -2.40. The molecule has 1 heterocycles. The van der Waals surface area contributed by atoms with Crippen LogP contribution in [0.3, 0.4) is 0 Å². The van der Waals surface area contributed by atoms with Gasteiger partial charge in [-0.05, 0) is 55.4 Å². The van der Waals surface area contributed by atoms with E-state index in [2.05, 4.69) is 39.0 Å². The highest BCUT2D eigenvalue weighted by molar-refractivity contribution is 9.10. The molecule has 3 rings (SSSR count). The zero-order chi connectivity index (χ0) is 12.5. The minimum atomic E-state index is 0.628. The summed E-state index contributed by atoms with van der Waals surface area (Å²) in [5, 5.41) is 0. The Balaban J connectivity index is 1.93. The number of nitrogens with two attached hydrogens (primary N) is 1. The number of halogens is 1. The fraction of sp³-hybridized carbons (Fsp3) is 0.600. The first-order chi connectivity index (χ1) is 8.79. The quantitative estimate of drug-likeness (QED) is 0.903. The third-order valence-corrected chi connectivity index (χ3v) is 5.06. The minimum Gasteiger partial charge on any atom is -0.368 e. The van der Waals surface area contributed by atoms with Crippen molar-refractivity contribution in [2.45, 2.75) is 44.7 Å². The molecule has 2 N–H and O–H groups in total. The normalized spacial score (nSPS) is 27.3. The van der Waals surface area contributed by atoms with Crippen LogP contribution >= 0.6 is 15.9 Å². The third kappa shape index (κ3) is 2.19. The Morgan fingerprint density at radius 1 is 1.22 bits per heavy atom. The first-order valence-corrected chi connectivity index (χ1v) is 7.84. The van der Waals surface area contributed by atoms with Crippen LogP contribution in [0.4, 0.5) is 5.69 Å². The molecule has 0 spiro atoms. The number of piperidine rings is 1. The molecule has 3 heteroatoms. The molecule has 0 amide bonds. The summed E-state index contributed by atoms with van der Waals surface area (Å²) >= 11 is 3.54. The van der Waals surface area contributed by atoms with Crippen LogP contribution < -0.4 is 10.6 Å². The molecule has 2 atom stereocenters. The van der Waals surface area contributed by atoms with E-state index in [9.17, 15) is 0 Å². The van der Waals surface area contributed by atoms with E-state index in [1.807, 2.05) is 0 Å². The molecule has 18 heavy (non-hydrogen) atoms. The maximum Gasteiger partial charge on any atom is 0.0415 e. The summed E-state index contributed by atoms with van der Waals surface area (Å²) in [6, 6.07) is 7.33. The highest BCUT2D eigenvalue weighted by atomic mass is 79.9. The first-order valence-electron chi connectivity index (χ1n) is 7.04. The summed E-state index contributed by atoms with van der Waals surface area (Å²) in [5.41, 5.74) is 8.56. The molecule has 0 bridgehead atoms. The average Bonchev–Trinajstić information content (AvgIpc) is 2.86. The summed E-state index contributed by atoms with van der Waals surface area (Å²) in [4.78, 5) is 2.63. The van der Waals surface area contributed by atoms with E-state index < -0.39 is 0 Å². The van der Waals surface area contributed by atoms with E-state index in [0.717, 1.165) is 16.4 Å². The maximum absolute atomic E-state index is 5.92. The van der Waals surface area contributed by atoms with Crippen LogP contribution in [0.25, 0.3) is 0 Å². The van der Waals surface area contributed by atoms with Crippen molar-refractivity contribution in [2.24, 2.45) is 11.7 Å². The van der Waals surface area contributed by atoms with Crippen molar-refractivity contribution in [1.82, 2.24) is 0 Å². The molecule has 98 valence electrons. The second-order valence-electron chi connectivity index (χ2n) is 5.57. The van der Waals surface area contributed by atoms with Gasteiger partial charge in [-0.2, -0.15) is 0 Å². The molecule has 2 fully saturated rings. The van der Waals surface area contributed by atoms with Crippen molar-refractivity contribution in [3.63, 3.8) is 0 Å². The monoisotopic (exact) mass is 308 g/mol. The van der Waals surface area contributed by atoms with Crippen molar-refractivity contribution >= 4 is 21.6 Å². The SMILES string of the molecule is NCc1cc(Br)ccc1N1CCCC2CCCC21. The minimum absolute atomic E-state index is 0.628. The summed E-state index contributed by atoms with van der Waals surface area (Å²) in [6.45, 7) is 1.83. The number of hydrogen-bond acceptors (Lipinski definition) is 2. The fourth-order valence-electron chi connectivity index (χ4n) is 3.75. The Morgan fingerprint density at radius 3 is 2.89 bits per heavy atom. The van der Waals surface area contributed by atoms with Crippen LogP contribution in [0.2, 0.25) is 0 Å². The molecule has 1 aromatic carbocycles. The molecule has 0 aromatic heterocycles. The zero-order valence-corrected chi connectivity index (χ0v) is 12.3. The van der Waals surface area contributed by atoms with Gasteiger partial charge in [0, 0.05) is 29.3 Å². The lowest BCUT2D eigenvalue weighted by molar-refractivity contribution is 0.362. The van der Waals surface area contributed by atoms with Crippen molar-refractivity contribution < 1.29 is 0 Å². The Labute approximate surface area is 118 Å². The predicted molar refractivity (Wildman–Crippen MR) is 79.7 cm³/mol. The van der Waals surface area contributed by atoms with Crippen molar-refractivity contribution in [3.05, 3.63) is 28.2 Å². The number of nitrogens with zero attached hydrogens (tertiary/aromatic N) is 1. The molecule has 1 aromatic rings. The maximum atomic E-state index is 5.92. The summed E-state index contributed by atoms with van der Waals surface area (Å²) in [5.74, 6) is 0.924. The molecule has 2 aliphatic rings. The van der Waals surface area contributed by atoms with Gasteiger partial charge in [-0.25, -0.2) is 0 Å². The molecule has 2 unspecified atom stereocenters. The van der Waals surface area contributed by atoms with Gasteiger partial charge >= 0.3 is 0 Å². The Kier molecular flexibility index (Phi) is 3.62. The molecule has 0 radical (unpaired) electrons. The van der Waals surface area contributed by atoms with E-state index in [1.165, 1.54) is 49.9 Å². The van der Waals surface area contributed by atoms with Crippen LogP contribution in [-0.2, 0) is 6.54 Å². The summed E-state index contributed by atoms with van der Waals surface area (Å²) in [6.07, 6.45) is 6.96. The zero-order valence-electron chi connectivity index (χ0n) is 10.7. The smallest absolute Gasteiger partial charge is 0.0415 e. The van der Waals surface area contributed by atoms with Gasteiger partial charge in [-0.1, -0.05) is 22.4 Å². The van der Waals surface area contributed by atoms with E-state index in [0.29, 0.717) is 6.54 Å². The van der Waals surface area contributed by atoms with Gasteiger partial charge in [-0.3, -0.25) is 0 Å². The van der Waals surface area contributed by atoms with E-state index in [4.69, 9.17) is 5.73 Å². The molecular formula is C15H21BrN2. The van der Waals surface area contributed by atoms with Gasteiger partial charge in [0.1, 0.15) is 0 Å². The van der Waals surface area contributed by atoms with Gasteiger partial charge in [-0.15, -0.1) is 0 Å². The highest BCUT2D eigenvalue weighted by Gasteiger charge is 2.35. The van der Waals surface area contributed by atoms with Crippen molar-refractivity contribution in [1.29, 1.82) is 0 Å². The Morgan fingerprint density at radius 2 is 2.06 bits per heavy atom. The number of hydrogen-bond donors (Lipinski definition) is 1. The van der Waals surface area contributed by atoms with Gasteiger partial charge in [0.2, 0.25) is 0 Å². The third-order valence-electron chi connectivity index (χ3n) is 4.56. The molecule has 1 saturated carbocycles. The van der Waals surface area contributed by atoms with Crippen LogP contribution in [0.5, 0.6) is 0 Å². The van der Waals surface area contributed by atoms with Gasteiger partial charge in [0.15, 0.2) is 0 Å². The number of benzene rings is 1. The molecular weight excluding hydrogens is 288 g/mol. The van der Waals surface area contributed by atoms with Crippen molar-refractivity contribution in [2.75, 3.05) is 11.4 Å². The van der Waals surface area contributed by atoms with E-state index in [-0.39, 0.29) is 0 Å². The molecule has 1 aliphatic heterocycles. The highest BCUT2D eigenvalue weighted by Crippen LogP contribution is 2.40. The van der Waals surface area contributed by atoms with Crippen LogP contribution in [-0.4, -0.2) is 12.6 Å². The number of anilines is 1. The number of rotatable bonds is 2. The topological polar surface area (TPSA) is 29.3 Å². The predicted octanol–water partition coefficient (Wildman–Crippen LogP) is 3.68. The Bertz CT molecular complexity index is 433. The van der Waals surface area contributed by atoms with E-state index >= 15 is 0 Å². The second-order valence-corrected chi connectivity index (χ2v) is 6.49. The van der Waals surface area contributed by atoms with E-state index in [1.54, 1.807) is 0 Å². The van der Waals surface area contributed by atoms with Gasteiger partial charge < -0.3 is 10.6 Å². The standard InChI is InChI=1S/C15H21BrN2/c16-13-6-7-15(12(9-13)10-17)18-8-2-4-11-3-1-5-14(11)18/h6-7,9,11,14H,1-5,8,10,17H2. The van der Waals surface area contributed by atoms with Crippen LogP contribution in [0.1, 0.15) is 37.7 Å².